The maximum atomic E-state index is 5.54. The number of aromatic nitrogens is 2. The summed E-state index contributed by atoms with van der Waals surface area (Å²) in [6, 6.07) is 15.8. The Morgan fingerprint density at radius 1 is 1.10 bits per heavy atom. The van der Waals surface area contributed by atoms with Gasteiger partial charge in [-0.3, -0.25) is 5.10 Å². The highest BCUT2D eigenvalue weighted by Crippen LogP contribution is 2.20. The summed E-state index contributed by atoms with van der Waals surface area (Å²) in [7, 11) is 0. The summed E-state index contributed by atoms with van der Waals surface area (Å²) >= 11 is 4.89. The molecule has 1 heterocycles. The lowest BCUT2D eigenvalue weighted by Crippen LogP contribution is -2.19. The maximum Gasteiger partial charge on any atom is 0.168 e. The third-order valence-electron chi connectivity index (χ3n) is 3.14. The van der Waals surface area contributed by atoms with Crippen molar-refractivity contribution in [1.82, 2.24) is 10.2 Å². The van der Waals surface area contributed by atoms with Gasteiger partial charge in [-0.1, -0.05) is 42.5 Å². The van der Waals surface area contributed by atoms with E-state index >= 15 is 0 Å². The Bertz CT molecular complexity index is 820. The summed E-state index contributed by atoms with van der Waals surface area (Å²) in [4.78, 5) is 0. The van der Waals surface area contributed by atoms with Crippen LogP contribution in [0.3, 0.4) is 0 Å². The molecule has 0 radical (unpaired) electrons. The molecule has 0 saturated carbocycles. The van der Waals surface area contributed by atoms with Gasteiger partial charge in [0.15, 0.2) is 5.11 Å². The minimum absolute atomic E-state index is 0.251. The Hall–Kier alpha value is -2.66. The van der Waals surface area contributed by atoms with Gasteiger partial charge in [0.05, 0.1) is 11.2 Å². The van der Waals surface area contributed by atoms with Gasteiger partial charge in [-0.05, 0) is 36.0 Å². The van der Waals surface area contributed by atoms with Gasteiger partial charge in [-0.2, -0.15) is 5.10 Å². The Labute approximate surface area is 127 Å². The fraction of sp³-hybridized carbons (Fsp3) is 0. The van der Waals surface area contributed by atoms with E-state index in [9.17, 15) is 0 Å². The molecule has 0 spiro atoms. The number of nitrogens with one attached hydrogen (secondary N) is 2. The van der Waals surface area contributed by atoms with Crippen LogP contribution in [0.25, 0.3) is 23.1 Å². The van der Waals surface area contributed by atoms with Crippen molar-refractivity contribution in [3.63, 3.8) is 0 Å². The first-order valence-corrected chi connectivity index (χ1v) is 6.91. The van der Waals surface area contributed by atoms with Crippen LogP contribution in [0.5, 0.6) is 0 Å². The average Bonchev–Trinajstić information content (AvgIpc) is 2.89. The van der Waals surface area contributed by atoms with E-state index in [1.54, 1.807) is 0 Å². The fourth-order valence-electron chi connectivity index (χ4n) is 2.17. The van der Waals surface area contributed by atoms with E-state index in [-0.39, 0.29) is 5.11 Å². The molecule has 0 aliphatic carbocycles. The molecule has 0 aliphatic rings. The van der Waals surface area contributed by atoms with Crippen molar-refractivity contribution in [3.8, 4) is 0 Å². The van der Waals surface area contributed by atoms with Crippen molar-refractivity contribution in [2.75, 3.05) is 5.32 Å². The zero-order valence-electron chi connectivity index (χ0n) is 11.2. The molecule has 0 fully saturated rings. The summed E-state index contributed by atoms with van der Waals surface area (Å²) in [5.74, 6) is 0. The second-order valence-electron chi connectivity index (χ2n) is 4.56. The third-order valence-corrected chi connectivity index (χ3v) is 3.24. The Morgan fingerprint density at radius 3 is 2.71 bits per heavy atom. The number of H-pyrrole nitrogens is 1. The minimum Gasteiger partial charge on any atom is -0.376 e. The highest BCUT2D eigenvalue weighted by atomic mass is 32.1. The Kier molecular flexibility index (Phi) is 3.66. The maximum absolute atomic E-state index is 5.54. The molecule has 2 aromatic carbocycles. The Balaban J connectivity index is 1.94. The Morgan fingerprint density at radius 2 is 1.86 bits per heavy atom. The number of thiocarbonyl (C=S) groups is 1. The standard InChI is InChI=1S/C16H14N4S/c17-16(21)18-13-7-3-1-5-11(13)9-10-15-12-6-2-4-8-14(12)19-20-15/h1-10H,(H,19,20)(H3,17,18,21)/b10-9+. The van der Waals surface area contributed by atoms with Crippen LogP contribution >= 0.6 is 12.2 Å². The van der Waals surface area contributed by atoms with Crippen molar-refractivity contribution in [3.05, 3.63) is 59.8 Å². The molecule has 4 nitrogen and oxygen atoms in total. The molecule has 5 heteroatoms. The van der Waals surface area contributed by atoms with Crippen molar-refractivity contribution >= 4 is 46.1 Å². The summed E-state index contributed by atoms with van der Waals surface area (Å²) in [6.45, 7) is 0. The molecule has 0 atom stereocenters. The molecule has 0 amide bonds. The van der Waals surface area contributed by atoms with Crippen molar-refractivity contribution in [2.24, 2.45) is 5.73 Å². The number of hydrogen-bond donors (Lipinski definition) is 3. The van der Waals surface area contributed by atoms with Crippen LogP contribution in [0, 0.1) is 0 Å². The topological polar surface area (TPSA) is 66.7 Å². The minimum atomic E-state index is 0.251. The molecule has 3 rings (SSSR count). The van der Waals surface area contributed by atoms with Gasteiger partial charge in [-0.25, -0.2) is 0 Å². The fourth-order valence-corrected chi connectivity index (χ4v) is 2.28. The molecule has 0 aliphatic heterocycles. The number of para-hydroxylation sites is 2. The SMILES string of the molecule is NC(=S)Nc1ccccc1/C=C/c1n[nH]c2ccccc12. The van der Waals surface area contributed by atoms with E-state index in [1.807, 2.05) is 60.7 Å². The van der Waals surface area contributed by atoms with Gasteiger partial charge in [-0.15, -0.1) is 0 Å². The van der Waals surface area contributed by atoms with Crippen LogP contribution < -0.4 is 11.1 Å². The first kappa shape index (κ1) is 13.3. The zero-order chi connectivity index (χ0) is 14.7. The highest BCUT2D eigenvalue weighted by molar-refractivity contribution is 7.80. The van der Waals surface area contributed by atoms with Crippen LogP contribution in [-0.2, 0) is 0 Å². The molecule has 3 aromatic rings. The summed E-state index contributed by atoms with van der Waals surface area (Å²) < 4.78 is 0. The number of fused-ring (bicyclic) bond motifs is 1. The predicted octanol–water partition coefficient (Wildman–Crippen LogP) is 3.39. The quantitative estimate of drug-likeness (QED) is 0.648. The van der Waals surface area contributed by atoms with Crippen LogP contribution in [0.1, 0.15) is 11.3 Å². The first-order chi connectivity index (χ1) is 10.2. The predicted molar refractivity (Wildman–Crippen MR) is 91.9 cm³/mol. The van der Waals surface area contributed by atoms with Crippen LogP contribution in [0.2, 0.25) is 0 Å². The van der Waals surface area contributed by atoms with E-state index in [1.165, 1.54) is 0 Å². The van der Waals surface area contributed by atoms with Crippen LogP contribution in [-0.4, -0.2) is 15.3 Å². The molecule has 1 aromatic heterocycles. The number of anilines is 1. The number of nitrogens with zero attached hydrogens (tertiary/aromatic N) is 1. The highest BCUT2D eigenvalue weighted by Gasteiger charge is 2.02. The van der Waals surface area contributed by atoms with Crippen molar-refractivity contribution < 1.29 is 0 Å². The van der Waals surface area contributed by atoms with Crippen LogP contribution in [0.4, 0.5) is 5.69 Å². The number of benzene rings is 2. The molecular weight excluding hydrogens is 280 g/mol. The van der Waals surface area contributed by atoms with Gasteiger partial charge in [0.2, 0.25) is 0 Å². The van der Waals surface area contributed by atoms with E-state index in [0.29, 0.717) is 0 Å². The number of rotatable bonds is 3. The van der Waals surface area contributed by atoms with E-state index in [4.69, 9.17) is 18.0 Å². The summed E-state index contributed by atoms with van der Waals surface area (Å²) in [5.41, 5.74) is 9.33. The first-order valence-electron chi connectivity index (χ1n) is 6.51. The summed E-state index contributed by atoms with van der Waals surface area (Å²) in [6.07, 6.45) is 3.96. The van der Waals surface area contributed by atoms with E-state index in [2.05, 4.69) is 15.5 Å². The van der Waals surface area contributed by atoms with Crippen LogP contribution in [0.15, 0.2) is 48.5 Å². The number of aromatic amines is 1. The monoisotopic (exact) mass is 294 g/mol. The smallest absolute Gasteiger partial charge is 0.168 e. The average molecular weight is 294 g/mol. The number of nitrogens with two attached hydrogens (primary N) is 1. The van der Waals surface area contributed by atoms with Gasteiger partial charge >= 0.3 is 0 Å². The lowest BCUT2D eigenvalue weighted by molar-refractivity contribution is 1.11. The number of hydrogen-bond acceptors (Lipinski definition) is 2. The molecule has 21 heavy (non-hydrogen) atoms. The third kappa shape index (κ3) is 2.93. The second-order valence-corrected chi connectivity index (χ2v) is 5.00. The van der Waals surface area contributed by atoms with E-state index < -0.39 is 0 Å². The molecule has 0 saturated heterocycles. The zero-order valence-corrected chi connectivity index (χ0v) is 12.0. The normalized spacial score (nSPS) is 11.0. The molecule has 0 unspecified atom stereocenters. The summed E-state index contributed by atoms with van der Waals surface area (Å²) in [5, 5.41) is 11.6. The van der Waals surface area contributed by atoms with Crippen molar-refractivity contribution in [1.29, 1.82) is 0 Å². The van der Waals surface area contributed by atoms with E-state index in [0.717, 1.165) is 27.8 Å². The second kappa shape index (κ2) is 5.76. The molecule has 0 bridgehead atoms. The van der Waals surface area contributed by atoms with Gasteiger partial charge in [0, 0.05) is 11.1 Å². The van der Waals surface area contributed by atoms with Gasteiger partial charge in [0.1, 0.15) is 0 Å². The molecular formula is C16H14N4S. The van der Waals surface area contributed by atoms with Gasteiger partial charge in [0.25, 0.3) is 0 Å². The molecule has 4 N–H and O–H groups in total. The van der Waals surface area contributed by atoms with Gasteiger partial charge < -0.3 is 11.1 Å². The lowest BCUT2D eigenvalue weighted by atomic mass is 10.1. The molecule has 104 valence electrons. The largest absolute Gasteiger partial charge is 0.376 e. The lowest BCUT2D eigenvalue weighted by Gasteiger charge is -2.06. The van der Waals surface area contributed by atoms with Crippen molar-refractivity contribution in [2.45, 2.75) is 0 Å².